The first-order valence-corrected chi connectivity index (χ1v) is 5.59. The Morgan fingerprint density at radius 3 is 2.62 bits per heavy atom. The molecule has 0 fully saturated rings. The summed E-state index contributed by atoms with van der Waals surface area (Å²) in [5.41, 5.74) is 5.59. The number of anilines is 2. The van der Waals surface area contributed by atoms with Crippen LogP contribution >= 0.6 is 11.6 Å². The van der Waals surface area contributed by atoms with Crippen molar-refractivity contribution in [2.24, 2.45) is 0 Å². The van der Waals surface area contributed by atoms with Gasteiger partial charge in [-0.05, 0) is 26.8 Å². The van der Waals surface area contributed by atoms with E-state index in [4.69, 9.17) is 17.3 Å². The normalized spacial score (nSPS) is 11.6. The quantitative estimate of drug-likeness (QED) is 0.848. The number of aromatic nitrogens is 1. The van der Waals surface area contributed by atoms with Crippen molar-refractivity contribution in [2.45, 2.75) is 26.4 Å². The van der Waals surface area contributed by atoms with Gasteiger partial charge < -0.3 is 15.7 Å². The molecule has 0 saturated heterocycles. The number of nitrogens with two attached hydrogens (primary N) is 1. The molecule has 1 heterocycles. The summed E-state index contributed by atoms with van der Waals surface area (Å²) in [6.45, 7) is 6.69. The van der Waals surface area contributed by atoms with Crippen LogP contribution in [0.15, 0.2) is 12.3 Å². The summed E-state index contributed by atoms with van der Waals surface area (Å²) in [4.78, 5) is 6.11. The van der Waals surface area contributed by atoms with Gasteiger partial charge in [0.1, 0.15) is 0 Å². The van der Waals surface area contributed by atoms with E-state index in [0.29, 0.717) is 23.1 Å². The summed E-state index contributed by atoms with van der Waals surface area (Å²) in [7, 11) is 0. The first-order valence-electron chi connectivity index (χ1n) is 5.22. The van der Waals surface area contributed by atoms with Crippen molar-refractivity contribution in [1.82, 2.24) is 4.98 Å². The van der Waals surface area contributed by atoms with E-state index in [-0.39, 0.29) is 0 Å². The molecule has 3 N–H and O–H groups in total. The molecule has 90 valence electrons. The number of likely N-dealkylation sites (N-methyl/N-ethyl adjacent to an activating group) is 1. The van der Waals surface area contributed by atoms with Crippen molar-refractivity contribution in [3.8, 4) is 0 Å². The molecule has 0 unspecified atom stereocenters. The summed E-state index contributed by atoms with van der Waals surface area (Å²) in [6.07, 6.45) is 1.56. The van der Waals surface area contributed by atoms with E-state index in [0.717, 1.165) is 6.54 Å². The molecular weight excluding hydrogens is 226 g/mol. The van der Waals surface area contributed by atoms with Gasteiger partial charge in [-0.3, -0.25) is 0 Å². The van der Waals surface area contributed by atoms with Crippen molar-refractivity contribution < 1.29 is 5.11 Å². The van der Waals surface area contributed by atoms with Gasteiger partial charge in [-0.1, -0.05) is 11.6 Å². The van der Waals surface area contributed by atoms with Gasteiger partial charge in [0.15, 0.2) is 5.82 Å². The Bertz CT molecular complexity index is 363. The number of halogens is 1. The molecule has 1 aromatic heterocycles. The van der Waals surface area contributed by atoms with Gasteiger partial charge in [-0.2, -0.15) is 0 Å². The summed E-state index contributed by atoms with van der Waals surface area (Å²) < 4.78 is 0. The molecule has 1 rings (SSSR count). The highest BCUT2D eigenvalue weighted by molar-refractivity contribution is 6.30. The molecule has 1 aromatic rings. The summed E-state index contributed by atoms with van der Waals surface area (Å²) >= 11 is 5.79. The van der Waals surface area contributed by atoms with Crippen LogP contribution in [-0.2, 0) is 0 Å². The SMILES string of the molecule is CCN(CC(C)(C)O)c1ncc(Cl)cc1N. The van der Waals surface area contributed by atoms with Gasteiger partial charge in [0.25, 0.3) is 0 Å². The lowest BCUT2D eigenvalue weighted by Crippen LogP contribution is -2.39. The Labute approximate surface area is 101 Å². The Balaban J connectivity index is 2.95. The third-order valence-electron chi connectivity index (χ3n) is 2.12. The Morgan fingerprint density at radius 2 is 2.19 bits per heavy atom. The largest absolute Gasteiger partial charge is 0.396 e. The summed E-state index contributed by atoms with van der Waals surface area (Å²) in [5.74, 6) is 0.661. The highest BCUT2D eigenvalue weighted by atomic mass is 35.5. The number of hydrogen-bond donors (Lipinski definition) is 2. The fourth-order valence-electron chi connectivity index (χ4n) is 1.52. The molecule has 0 spiro atoms. The third-order valence-corrected chi connectivity index (χ3v) is 2.33. The van der Waals surface area contributed by atoms with E-state index < -0.39 is 5.60 Å². The molecule has 0 aliphatic heterocycles. The van der Waals surface area contributed by atoms with Crippen molar-refractivity contribution in [3.63, 3.8) is 0 Å². The second-order valence-electron chi connectivity index (χ2n) is 4.39. The topological polar surface area (TPSA) is 62.4 Å². The Morgan fingerprint density at radius 1 is 1.56 bits per heavy atom. The van der Waals surface area contributed by atoms with Crippen molar-refractivity contribution in [3.05, 3.63) is 17.3 Å². The highest BCUT2D eigenvalue weighted by Crippen LogP contribution is 2.24. The van der Waals surface area contributed by atoms with Crippen LogP contribution in [0.3, 0.4) is 0 Å². The number of aliphatic hydroxyl groups is 1. The zero-order chi connectivity index (χ0) is 12.3. The highest BCUT2D eigenvalue weighted by Gasteiger charge is 2.19. The number of nitrogen functional groups attached to an aromatic ring is 1. The molecular formula is C11H18ClN3O. The maximum atomic E-state index is 9.79. The summed E-state index contributed by atoms with van der Waals surface area (Å²) in [6, 6.07) is 1.66. The van der Waals surface area contributed by atoms with Gasteiger partial charge >= 0.3 is 0 Å². The molecule has 0 amide bonds. The molecule has 5 heteroatoms. The lowest BCUT2D eigenvalue weighted by molar-refractivity contribution is 0.0874. The van der Waals surface area contributed by atoms with Crippen molar-refractivity contribution >= 4 is 23.1 Å². The molecule has 0 aliphatic rings. The average Bonchev–Trinajstić information content (AvgIpc) is 2.13. The molecule has 0 saturated carbocycles. The Kier molecular flexibility index (Phi) is 3.99. The molecule has 0 atom stereocenters. The lowest BCUT2D eigenvalue weighted by Gasteiger charge is -2.29. The monoisotopic (exact) mass is 243 g/mol. The first-order chi connectivity index (χ1) is 7.33. The van der Waals surface area contributed by atoms with E-state index >= 15 is 0 Å². The molecule has 0 bridgehead atoms. The van der Waals surface area contributed by atoms with Gasteiger partial charge in [-0.15, -0.1) is 0 Å². The van der Waals surface area contributed by atoms with Crippen LogP contribution in [0.4, 0.5) is 11.5 Å². The van der Waals surface area contributed by atoms with E-state index in [2.05, 4.69) is 4.98 Å². The first kappa shape index (κ1) is 13.1. The molecule has 4 nitrogen and oxygen atoms in total. The number of nitrogens with zero attached hydrogens (tertiary/aromatic N) is 2. The van der Waals surface area contributed by atoms with Crippen LogP contribution in [-0.4, -0.2) is 28.8 Å². The zero-order valence-corrected chi connectivity index (χ0v) is 10.6. The maximum absolute atomic E-state index is 9.79. The molecule has 0 aliphatic carbocycles. The molecule has 16 heavy (non-hydrogen) atoms. The van der Waals surface area contributed by atoms with Gasteiger partial charge in [0.05, 0.1) is 16.3 Å². The summed E-state index contributed by atoms with van der Waals surface area (Å²) in [5, 5.41) is 10.3. The smallest absolute Gasteiger partial charge is 0.151 e. The van der Waals surface area contributed by atoms with Crippen LogP contribution in [0.5, 0.6) is 0 Å². The van der Waals surface area contributed by atoms with Crippen molar-refractivity contribution in [1.29, 1.82) is 0 Å². The van der Waals surface area contributed by atoms with Crippen LogP contribution < -0.4 is 10.6 Å². The van der Waals surface area contributed by atoms with E-state index in [1.54, 1.807) is 26.1 Å². The second-order valence-corrected chi connectivity index (χ2v) is 4.83. The van der Waals surface area contributed by atoms with Crippen LogP contribution in [0, 0.1) is 0 Å². The fourth-order valence-corrected chi connectivity index (χ4v) is 1.68. The minimum Gasteiger partial charge on any atom is -0.396 e. The Hall–Kier alpha value is -1.00. The maximum Gasteiger partial charge on any atom is 0.151 e. The second kappa shape index (κ2) is 4.89. The van der Waals surface area contributed by atoms with Crippen LogP contribution in [0.2, 0.25) is 5.02 Å². The van der Waals surface area contributed by atoms with Gasteiger partial charge in [0, 0.05) is 19.3 Å². The van der Waals surface area contributed by atoms with Crippen LogP contribution in [0.25, 0.3) is 0 Å². The zero-order valence-electron chi connectivity index (χ0n) is 9.87. The standard InChI is InChI=1S/C11H18ClN3O/c1-4-15(7-11(2,3)16)10-9(13)5-8(12)6-14-10/h5-6,16H,4,7,13H2,1-3H3. The predicted octanol–water partition coefficient (Wildman–Crippen LogP) is 1.91. The van der Waals surface area contributed by atoms with E-state index in [1.165, 1.54) is 0 Å². The fraction of sp³-hybridized carbons (Fsp3) is 0.545. The van der Waals surface area contributed by atoms with Gasteiger partial charge in [-0.25, -0.2) is 4.98 Å². The van der Waals surface area contributed by atoms with Gasteiger partial charge in [0.2, 0.25) is 0 Å². The predicted molar refractivity (Wildman–Crippen MR) is 67.8 cm³/mol. The average molecular weight is 244 g/mol. The molecule has 0 radical (unpaired) electrons. The number of pyridine rings is 1. The lowest BCUT2D eigenvalue weighted by atomic mass is 10.1. The minimum atomic E-state index is -0.788. The van der Waals surface area contributed by atoms with E-state index in [1.807, 2.05) is 11.8 Å². The number of hydrogen-bond acceptors (Lipinski definition) is 4. The molecule has 0 aromatic carbocycles. The number of rotatable bonds is 4. The van der Waals surface area contributed by atoms with Crippen molar-refractivity contribution in [2.75, 3.05) is 23.7 Å². The van der Waals surface area contributed by atoms with E-state index in [9.17, 15) is 5.11 Å². The van der Waals surface area contributed by atoms with Crippen LogP contribution in [0.1, 0.15) is 20.8 Å². The minimum absolute atomic E-state index is 0.475. The third kappa shape index (κ3) is 3.54.